The Balaban J connectivity index is 2.12. The molecule has 28 heavy (non-hydrogen) atoms. The largest absolute Gasteiger partial charge is 0.478 e. The lowest BCUT2D eigenvalue weighted by Crippen LogP contribution is -2.48. The maximum atomic E-state index is 12.2. The van der Waals surface area contributed by atoms with Crippen LogP contribution in [0.15, 0.2) is 53.0 Å². The number of benzene rings is 2. The van der Waals surface area contributed by atoms with Gasteiger partial charge < -0.3 is 15.2 Å². The lowest BCUT2D eigenvalue weighted by atomic mass is 10.2. The van der Waals surface area contributed by atoms with E-state index in [9.17, 15) is 14.4 Å². The van der Waals surface area contributed by atoms with Crippen LogP contribution in [0.4, 0.5) is 10.5 Å². The first-order valence-electron chi connectivity index (χ1n) is 7.51. The van der Waals surface area contributed by atoms with Crippen LogP contribution in [0.2, 0.25) is 0 Å². The fourth-order valence-electron chi connectivity index (χ4n) is 2.00. The Bertz CT molecular complexity index is 887. The maximum Gasteiger partial charge on any atom is 0.340 e. The minimum Gasteiger partial charge on any atom is -0.478 e. The lowest BCUT2D eigenvalue weighted by molar-refractivity contribution is 0.0261. The number of nitrogens with one attached hydrogen (secondary N) is 2. The van der Waals surface area contributed by atoms with Crippen LogP contribution in [0.1, 0.15) is 20.7 Å². The average Bonchev–Trinajstić information content (AvgIpc) is 2.61. The van der Waals surface area contributed by atoms with E-state index in [1.54, 1.807) is 12.1 Å². The van der Waals surface area contributed by atoms with E-state index in [0.29, 0.717) is 0 Å². The minimum atomic E-state index is -2.19. The molecule has 2 amide bonds. The van der Waals surface area contributed by atoms with Crippen LogP contribution in [0, 0.1) is 0 Å². The highest BCUT2D eigenvalue weighted by atomic mass is 79.9. The summed E-state index contributed by atoms with van der Waals surface area (Å²) in [6.45, 7) is 0. The van der Waals surface area contributed by atoms with Crippen molar-refractivity contribution in [3.63, 3.8) is 0 Å². The molecule has 0 saturated carbocycles. The van der Waals surface area contributed by atoms with E-state index < -0.39 is 28.0 Å². The number of carboxylic acids is 1. The molecule has 0 aliphatic carbocycles. The zero-order valence-corrected chi connectivity index (χ0v) is 17.6. The molecular formula is C17H12BrCl3N2O5. The number of carbonyl (C=O) groups excluding carboxylic acids is 2. The molecule has 0 spiro atoms. The van der Waals surface area contributed by atoms with Gasteiger partial charge in [-0.3, -0.25) is 5.32 Å². The molecule has 11 heteroatoms. The van der Waals surface area contributed by atoms with Crippen molar-refractivity contribution in [3.8, 4) is 0 Å². The molecule has 7 nitrogen and oxygen atoms in total. The molecule has 2 rings (SSSR count). The fourth-order valence-corrected chi connectivity index (χ4v) is 2.56. The van der Waals surface area contributed by atoms with Gasteiger partial charge in [-0.05, 0) is 36.4 Å². The molecule has 0 heterocycles. The standard InChI is InChI=1S/C17H12BrCl3N2O5/c18-10-7-5-9(6-8-10)14(26)28-15(17(19,20)21)23-16(27)22-12-4-2-1-3-11(12)13(24)25/h1-8,15H,(H,24,25)(H2,22,23,27)/t15-/m0/s1. The van der Waals surface area contributed by atoms with Crippen LogP contribution in [0.5, 0.6) is 0 Å². The number of alkyl halides is 3. The summed E-state index contributed by atoms with van der Waals surface area (Å²) in [5.74, 6) is -2.08. The third kappa shape index (κ3) is 6.27. The highest BCUT2D eigenvalue weighted by molar-refractivity contribution is 9.10. The lowest BCUT2D eigenvalue weighted by Gasteiger charge is -2.25. The zero-order chi connectivity index (χ0) is 20.9. The molecule has 0 saturated heterocycles. The Morgan fingerprint density at radius 2 is 1.64 bits per heavy atom. The van der Waals surface area contributed by atoms with Crippen LogP contribution in [0.25, 0.3) is 0 Å². The number of urea groups is 1. The van der Waals surface area contributed by atoms with E-state index in [1.807, 2.05) is 0 Å². The van der Waals surface area contributed by atoms with Crippen molar-refractivity contribution in [2.24, 2.45) is 0 Å². The number of carbonyl (C=O) groups is 3. The third-order valence-electron chi connectivity index (χ3n) is 3.27. The number of hydrogen-bond acceptors (Lipinski definition) is 4. The predicted molar refractivity (Wildman–Crippen MR) is 109 cm³/mol. The van der Waals surface area contributed by atoms with E-state index in [1.165, 1.54) is 36.4 Å². The molecule has 0 unspecified atom stereocenters. The van der Waals surface area contributed by atoms with Gasteiger partial charge >= 0.3 is 18.0 Å². The molecular weight excluding hydrogens is 498 g/mol. The van der Waals surface area contributed by atoms with Gasteiger partial charge in [0.1, 0.15) is 0 Å². The van der Waals surface area contributed by atoms with Gasteiger partial charge in [0.25, 0.3) is 0 Å². The van der Waals surface area contributed by atoms with Crippen molar-refractivity contribution in [1.29, 1.82) is 0 Å². The van der Waals surface area contributed by atoms with Crippen molar-refractivity contribution in [3.05, 3.63) is 64.1 Å². The molecule has 2 aromatic rings. The second-order valence-corrected chi connectivity index (χ2v) is 8.57. The molecule has 0 fully saturated rings. The Morgan fingerprint density at radius 3 is 2.21 bits per heavy atom. The topological polar surface area (TPSA) is 105 Å². The second-order valence-electron chi connectivity index (χ2n) is 5.28. The second kappa shape index (κ2) is 9.47. The van der Waals surface area contributed by atoms with Gasteiger partial charge in [0, 0.05) is 4.47 Å². The Hall–Kier alpha value is -2.00. The zero-order valence-electron chi connectivity index (χ0n) is 13.8. The number of anilines is 1. The van der Waals surface area contributed by atoms with E-state index in [-0.39, 0.29) is 16.8 Å². The summed E-state index contributed by atoms with van der Waals surface area (Å²) in [4.78, 5) is 35.7. The molecule has 148 valence electrons. The molecule has 2 aromatic carbocycles. The van der Waals surface area contributed by atoms with Crippen molar-refractivity contribution < 1.29 is 24.2 Å². The van der Waals surface area contributed by atoms with Crippen LogP contribution in [0.3, 0.4) is 0 Å². The molecule has 0 aliphatic heterocycles. The Morgan fingerprint density at radius 1 is 1.04 bits per heavy atom. The number of ether oxygens (including phenoxy) is 1. The van der Waals surface area contributed by atoms with Gasteiger partial charge in [0.05, 0.1) is 16.8 Å². The number of amides is 2. The molecule has 0 aromatic heterocycles. The Kier molecular flexibility index (Phi) is 7.54. The number of halogens is 4. The maximum absolute atomic E-state index is 12.2. The summed E-state index contributed by atoms with van der Waals surface area (Å²) in [5, 5.41) is 13.6. The highest BCUT2D eigenvalue weighted by Crippen LogP contribution is 2.31. The van der Waals surface area contributed by atoms with Gasteiger partial charge in [-0.1, -0.05) is 62.9 Å². The van der Waals surface area contributed by atoms with Gasteiger partial charge in [-0.2, -0.15) is 0 Å². The van der Waals surface area contributed by atoms with Gasteiger partial charge in [0.15, 0.2) is 0 Å². The summed E-state index contributed by atoms with van der Waals surface area (Å²) < 4.78 is 3.65. The molecule has 0 radical (unpaired) electrons. The van der Waals surface area contributed by atoms with Crippen LogP contribution >= 0.6 is 50.7 Å². The van der Waals surface area contributed by atoms with Crippen molar-refractivity contribution in [1.82, 2.24) is 5.32 Å². The van der Waals surface area contributed by atoms with Crippen LogP contribution < -0.4 is 10.6 Å². The van der Waals surface area contributed by atoms with E-state index in [0.717, 1.165) is 4.47 Å². The minimum absolute atomic E-state index is 0.00908. The van der Waals surface area contributed by atoms with Crippen LogP contribution in [-0.2, 0) is 4.74 Å². The van der Waals surface area contributed by atoms with Crippen molar-refractivity contribution in [2.45, 2.75) is 10.0 Å². The average molecular weight is 511 g/mol. The van der Waals surface area contributed by atoms with Crippen molar-refractivity contribution >= 4 is 74.4 Å². The smallest absolute Gasteiger partial charge is 0.340 e. The van der Waals surface area contributed by atoms with Gasteiger partial charge in [-0.25, -0.2) is 14.4 Å². The van der Waals surface area contributed by atoms with Gasteiger partial charge in [0.2, 0.25) is 10.0 Å². The third-order valence-corrected chi connectivity index (χ3v) is 4.39. The molecule has 3 N–H and O–H groups in total. The van der Waals surface area contributed by atoms with E-state index >= 15 is 0 Å². The van der Waals surface area contributed by atoms with Crippen molar-refractivity contribution in [2.75, 3.05) is 5.32 Å². The number of rotatable bonds is 5. The summed E-state index contributed by atoms with van der Waals surface area (Å²) in [6, 6.07) is 11.0. The first-order chi connectivity index (χ1) is 13.1. The van der Waals surface area contributed by atoms with Gasteiger partial charge in [-0.15, -0.1) is 0 Å². The van der Waals surface area contributed by atoms with E-state index in [4.69, 9.17) is 44.6 Å². The first kappa shape index (κ1) is 22.3. The SMILES string of the molecule is O=C(Nc1ccccc1C(=O)O)N[C@@H](OC(=O)c1ccc(Br)cc1)C(Cl)(Cl)Cl. The molecule has 0 bridgehead atoms. The number of carboxylic acid groups (broad SMARTS) is 1. The number of esters is 1. The first-order valence-corrected chi connectivity index (χ1v) is 9.43. The summed E-state index contributed by atoms with van der Waals surface area (Å²) in [7, 11) is 0. The number of para-hydroxylation sites is 1. The highest BCUT2D eigenvalue weighted by Gasteiger charge is 2.38. The number of hydrogen-bond donors (Lipinski definition) is 3. The molecule has 0 aliphatic rings. The molecule has 1 atom stereocenters. The van der Waals surface area contributed by atoms with Crippen LogP contribution in [-0.4, -0.2) is 33.1 Å². The van der Waals surface area contributed by atoms with E-state index in [2.05, 4.69) is 26.6 Å². The predicted octanol–water partition coefficient (Wildman–Crippen LogP) is 4.82. The quantitative estimate of drug-likeness (QED) is 0.304. The normalized spacial score (nSPS) is 12.0. The fraction of sp³-hybridized carbons (Fsp3) is 0.118. The summed E-state index contributed by atoms with van der Waals surface area (Å²) in [5.41, 5.74) is 0.0330. The summed E-state index contributed by atoms with van der Waals surface area (Å²) in [6.07, 6.45) is -1.65. The number of aromatic carboxylic acids is 1. The summed E-state index contributed by atoms with van der Waals surface area (Å²) >= 11 is 20.6. The Labute approximate surface area is 183 Å². The monoisotopic (exact) mass is 508 g/mol.